The van der Waals surface area contributed by atoms with E-state index in [0.29, 0.717) is 0 Å². The standard InChI is InChI=1S/C15H18BrNS/c1-4-17-9-13-5-6-14(18-13)12-7-10(2)15(16)11(3)8-12/h5-8,17H,4,9H2,1-3H3. The molecule has 0 fully saturated rings. The number of rotatable bonds is 4. The van der Waals surface area contributed by atoms with E-state index >= 15 is 0 Å². The van der Waals surface area contributed by atoms with Gasteiger partial charge >= 0.3 is 0 Å². The van der Waals surface area contributed by atoms with Gasteiger partial charge in [-0.2, -0.15) is 0 Å². The van der Waals surface area contributed by atoms with Gasteiger partial charge in [0.15, 0.2) is 0 Å². The van der Waals surface area contributed by atoms with Gasteiger partial charge in [0.25, 0.3) is 0 Å². The lowest BCUT2D eigenvalue weighted by molar-refractivity contribution is 0.735. The summed E-state index contributed by atoms with van der Waals surface area (Å²) in [7, 11) is 0. The van der Waals surface area contributed by atoms with Crippen LogP contribution in [0.1, 0.15) is 22.9 Å². The Kier molecular flexibility index (Phi) is 4.60. The van der Waals surface area contributed by atoms with E-state index in [1.165, 1.54) is 30.9 Å². The smallest absolute Gasteiger partial charge is 0.0346 e. The lowest BCUT2D eigenvalue weighted by atomic mass is 10.1. The van der Waals surface area contributed by atoms with Gasteiger partial charge in [-0.1, -0.05) is 22.9 Å². The minimum Gasteiger partial charge on any atom is -0.312 e. The van der Waals surface area contributed by atoms with Gasteiger partial charge in [-0.25, -0.2) is 0 Å². The third-order valence-corrected chi connectivity index (χ3v) is 5.32. The van der Waals surface area contributed by atoms with Crippen LogP contribution in [0.2, 0.25) is 0 Å². The zero-order chi connectivity index (χ0) is 13.1. The van der Waals surface area contributed by atoms with Crippen LogP contribution < -0.4 is 5.32 Å². The van der Waals surface area contributed by atoms with Crippen LogP contribution in [0.15, 0.2) is 28.7 Å². The van der Waals surface area contributed by atoms with E-state index in [-0.39, 0.29) is 0 Å². The number of hydrogen-bond donors (Lipinski definition) is 1. The number of halogens is 1. The Labute approximate surface area is 121 Å². The summed E-state index contributed by atoms with van der Waals surface area (Å²) in [4.78, 5) is 2.74. The molecule has 18 heavy (non-hydrogen) atoms. The first-order valence-corrected chi connectivity index (χ1v) is 7.79. The van der Waals surface area contributed by atoms with Crippen LogP contribution in [0.4, 0.5) is 0 Å². The van der Waals surface area contributed by atoms with Crippen LogP contribution in [0, 0.1) is 13.8 Å². The van der Waals surface area contributed by atoms with Crippen molar-refractivity contribution in [3.63, 3.8) is 0 Å². The predicted octanol–water partition coefficient (Wildman–Crippen LogP) is 4.90. The minimum atomic E-state index is 0.968. The van der Waals surface area contributed by atoms with Crippen LogP contribution in [0.5, 0.6) is 0 Å². The van der Waals surface area contributed by atoms with Crippen molar-refractivity contribution in [1.82, 2.24) is 5.32 Å². The first kappa shape index (κ1) is 13.8. The zero-order valence-corrected chi connectivity index (χ0v) is 13.4. The summed E-state index contributed by atoms with van der Waals surface area (Å²) in [5, 5.41) is 3.36. The summed E-state index contributed by atoms with van der Waals surface area (Å²) in [5.41, 5.74) is 3.92. The van der Waals surface area contributed by atoms with Crippen molar-refractivity contribution in [3.8, 4) is 10.4 Å². The average Bonchev–Trinajstić information content (AvgIpc) is 2.81. The molecule has 0 radical (unpaired) electrons. The highest BCUT2D eigenvalue weighted by molar-refractivity contribution is 9.10. The maximum atomic E-state index is 3.62. The largest absolute Gasteiger partial charge is 0.312 e. The van der Waals surface area contributed by atoms with Gasteiger partial charge in [0.1, 0.15) is 0 Å². The summed E-state index contributed by atoms with van der Waals surface area (Å²) in [6.07, 6.45) is 0. The van der Waals surface area contributed by atoms with Gasteiger partial charge in [0, 0.05) is 20.8 Å². The third-order valence-electron chi connectivity index (χ3n) is 2.93. The fourth-order valence-corrected chi connectivity index (χ4v) is 3.16. The van der Waals surface area contributed by atoms with Gasteiger partial charge < -0.3 is 5.32 Å². The van der Waals surface area contributed by atoms with Crippen molar-refractivity contribution in [3.05, 3.63) is 44.7 Å². The first-order chi connectivity index (χ1) is 8.61. The molecule has 1 heterocycles. The molecule has 0 aliphatic heterocycles. The molecule has 1 aromatic carbocycles. The second kappa shape index (κ2) is 6.00. The molecular weight excluding hydrogens is 306 g/mol. The second-order valence-electron chi connectivity index (χ2n) is 4.47. The van der Waals surface area contributed by atoms with Crippen LogP contribution in [0.25, 0.3) is 10.4 Å². The highest BCUT2D eigenvalue weighted by atomic mass is 79.9. The van der Waals surface area contributed by atoms with Crippen LogP contribution in [-0.4, -0.2) is 6.54 Å². The van der Waals surface area contributed by atoms with E-state index in [4.69, 9.17) is 0 Å². The number of benzene rings is 1. The average molecular weight is 324 g/mol. The molecule has 1 aromatic heterocycles. The summed E-state index contributed by atoms with van der Waals surface area (Å²) in [6.45, 7) is 8.41. The minimum absolute atomic E-state index is 0.968. The molecule has 0 atom stereocenters. The molecule has 0 unspecified atom stereocenters. The SMILES string of the molecule is CCNCc1ccc(-c2cc(C)c(Br)c(C)c2)s1. The quantitative estimate of drug-likeness (QED) is 0.843. The second-order valence-corrected chi connectivity index (χ2v) is 6.43. The fourth-order valence-electron chi connectivity index (χ4n) is 1.96. The molecule has 0 saturated heterocycles. The Morgan fingerprint density at radius 1 is 1.17 bits per heavy atom. The third kappa shape index (κ3) is 3.02. The van der Waals surface area contributed by atoms with Crippen molar-refractivity contribution in [2.45, 2.75) is 27.3 Å². The first-order valence-electron chi connectivity index (χ1n) is 6.18. The van der Waals surface area contributed by atoms with E-state index < -0.39 is 0 Å². The van der Waals surface area contributed by atoms with Gasteiger partial charge in [0.2, 0.25) is 0 Å². The lowest BCUT2D eigenvalue weighted by Crippen LogP contribution is -2.10. The summed E-state index contributed by atoms with van der Waals surface area (Å²) >= 11 is 5.49. The van der Waals surface area contributed by atoms with Crippen molar-refractivity contribution >= 4 is 27.3 Å². The van der Waals surface area contributed by atoms with Crippen molar-refractivity contribution in [2.75, 3.05) is 6.54 Å². The molecule has 3 heteroatoms. The van der Waals surface area contributed by atoms with Crippen molar-refractivity contribution in [2.24, 2.45) is 0 Å². The van der Waals surface area contributed by atoms with E-state index in [1.54, 1.807) is 0 Å². The number of hydrogen-bond acceptors (Lipinski definition) is 2. The molecule has 0 saturated carbocycles. The van der Waals surface area contributed by atoms with Crippen molar-refractivity contribution < 1.29 is 0 Å². The number of thiophene rings is 1. The molecule has 2 rings (SSSR count). The fraction of sp³-hybridized carbons (Fsp3) is 0.333. The monoisotopic (exact) mass is 323 g/mol. The van der Waals surface area contributed by atoms with E-state index in [9.17, 15) is 0 Å². The van der Waals surface area contributed by atoms with Crippen LogP contribution in [0.3, 0.4) is 0 Å². The molecule has 1 nitrogen and oxygen atoms in total. The van der Waals surface area contributed by atoms with Gasteiger partial charge in [-0.15, -0.1) is 11.3 Å². The van der Waals surface area contributed by atoms with Gasteiger partial charge in [-0.05, 0) is 61.3 Å². The Morgan fingerprint density at radius 3 is 2.44 bits per heavy atom. The predicted molar refractivity (Wildman–Crippen MR) is 84.3 cm³/mol. The topological polar surface area (TPSA) is 12.0 Å². The molecule has 0 amide bonds. The van der Waals surface area contributed by atoms with Crippen LogP contribution >= 0.6 is 27.3 Å². The lowest BCUT2D eigenvalue weighted by Gasteiger charge is -2.06. The van der Waals surface area contributed by atoms with E-state index in [1.807, 2.05) is 11.3 Å². The molecule has 0 aliphatic rings. The molecule has 0 bridgehead atoms. The normalized spacial score (nSPS) is 10.9. The molecule has 0 spiro atoms. The number of nitrogens with one attached hydrogen (secondary N) is 1. The molecule has 96 valence electrons. The Morgan fingerprint density at radius 2 is 1.83 bits per heavy atom. The number of aryl methyl sites for hydroxylation is 2. The van der Waals surface area contributed by atoms with E-state index in [2.05, 4.69) is 66.3 Å². The van der Waals surface area contributed by atoms with Crippen molar-refractivity contribution in [1.29, 1.82) is 0 Å². The van der Waals surface area contributed by atoms with Gasteiger partial charge in [0.05, 0.1) is 0 Å². The zero-order valence-electron chi connectivity index (χ0n) is 11.0. The maximum Gasteiger partial charge on any atom is 0.0346 e. The highest BCUT2D eigenvalue weighted by Gasteiger charge is 2.06. The summed E-state index contributed by atoms with van der Waals surface area (Å²) in [5.74, 6) is 0. The molecule has 0 aliphatic carbocycles. The maximum absolute atomic E-state index is 3.62. The van der Waals surface area contributed by atoms with Gasteiger partial charge in [-0.3, -0.25) is 0 Å². The summed E-state index contributed by atoms with van der Waals surface area (Å²) in [6, 6.07) is 8.94. The molecular formula is C15H18BrNS. The highest BCUT2D eigenvalue weighted by Crippen LogP contribution is 2.32. The molecule has 1 N–H and O–H groups in total. The Hall–Kier alpha value is -0.640. The Bertz CT molecular complexity index is 522. The van der Waals surface area contributed by atoms with Crippen LogP contribution in [-0.2, 0) is 6.54 Å². The van der Waals surface area contributed by atoms with E-state index in [0.717, 1.165) is 13.1 Å². The summed E-state index contributed by atoms with van der Waals surface area (Å²) < 4.78 is 1.22. The molecule has 2 aromatic rings. The Balaban J connectivity index is 2.28.